The number of ether oxygens (including phenoxy) is 4. The van der Waals surface area contributed by atoms with Crippen LogP contribution in [0.15, 0.2) is 0 Å². The van der Waals surface area contributed by atoms with E-state index in [4.69, 9.17) is 37.0 Å². The monoisotopic (exact) mass is 1140 g/mol. The van der Waals surface area contributed by atoms with E-state index >= 15 is 0 Å². The van der Waals surface area contributed by atoms with E-state index in [0.29, 0.717) is 31.6 Å². The third-order valence-electron chi connectivity index (χ3n) is 13.2. The van der Waals surface area contributed by atoms with E-state index in [0.717, 1.165) is 128 Å². The average Bonchev–Trinajstić information content (AvgIpc) is 3.38. The Hall–Kier alpha value is -1.94. The molecule has 0 saturated heterocycles. The summed E-state index contributed by atoms with van der Waals surface area (Å²) in [6.45, 7) is 9.29. The maximum atomic E-state index is 12.9. The quantitative estimate of drug-likeness (QED) is 0.0222. The van der Waals surface area contributed by atoms with Gasteiger partial charge in [-0.15, -0.1) is 0 Å². The zero-order chi connectivity index (χ0) is 57.3. The summed E-state index contributed by atoms with van der Waals surface area (Å²) in [5.74, 6) is -0.695. The molecule has 0 spiro atoms. The molecule has 0 aromatic carbocycles. The second-order valence-corrected chi connectivity index (χ2v) is 24.9. The molecule has 0 bridgehead atoms. The predicted octanol–water partition coefficient (Wildman–Crippen LogP) is 15.3. The van der Waals surface area contributed by atoms with Crippen molar-refractivity contribution < 1.29 is 80.2 Å². The fraction of sp³-hybridized carbons (Fsp3) is 0.931. The normalized spacial score (nSPS) is 14.5. The van der Waals surface area contributed by atoms with Gasteiger partial charge in [0, 0.05) is 25.7 Å². The Bertz CT molecular complexity index is 1530. The van der Waals surface area contributed by atoms with Gasteiger partial charge in [0.05, 0.1) is 26.4 Å². The van der Waals surface area contributed by atoms with Gasteiger partial charge in [-0.2, -0.15) is 0 Å². The Morgan fingerprint density at radius 2 is 0.597 bits per heavy atom. The second kappa shape index (κ2) is 51.0. The van der Waals surface area contributed by atoms with Gasteiger partial charge in [-0.3, -0.25) is 37.3 Å². The van der Waals surface area contributed by atoms with Crippen molar-refractivity contribution in [2.45, 2.75) is 297 Å². The molecule has 0 aliphatic carbocycles. The Balaban J connectivity index is 5.20. The SMILES string of the molecule is CCCCCCCCCC(=O)OC[C@H](COP(=O)(O)OC[C@H](O)COP(=O)(O)OC[C@@H](COC(=O)CCCCCCCCCC(C)C)OC(=O)CCCCCCCCCCCCC(C)C)OC(=O)CCCCCCCCC. The van der Waals surface area contributed by atoms with Gasteiger partial charge in [0.15, 0.2) is 12.2 Å². The van der Waals surface area contributed by atoms with Crippen LogP contribution in [0.2, 0.25) is 0 Å². The lowest BCUT2D eigenvalue weighted by Crippen LogP contribution is -2.30. The van der Waals surface area contributed by atoms with Crippen molar-refractivity contribution in [2.75, 3.05) is 39.6 Å². The van der Waals surface area contributed by atoms with E-state index in [1.54, 1.807) is 0 Å². The Morgan fingerprint density at radius 3 is 0.883 bits per heavy atom. The van der Waals surface area contributed by atoms with E-state index in [1.807, 2.05) is 0 Å². The summed E-state index contributed by atoms with van der Waals surface area (Å²) in [5, 5.41) is 10.5. The van der Waals surface area contributed by atoms with Crippen molar-refractivity contribution in [3.63, 3.8) is 0 Å². The van der Waals surface area contributed by atoms with Crippen LogP contribution in [0.25, 0.3) is 0 Å². The molecule has 0 fully saturated rings. The van der Waals surface area contributed by atoms with Gasteiger partial charge in [-0.1, -0.05) is 228 Å². The first-order valence-electron chi connectivity index (χ1n) is 30.5. The van der Waals surface area contributed by atoms with Crippen LogP contribution in [0.4, 0.5) is 0 Å². The van der Waals surface area contributed by atoms with Crippen molar-refractivity contribution in [2.24, 2.45) is 11.8 Å². The zero-order valence-corrected chi connectivity index (χ0v) is 51.0. The molecule has 19 heteroatoms. The summed E-state index contributed by atoms with van der Waals surface area (Å²) >= 11 is 0. The number of aliphatic hydroxyl groups is 1. The zero-order valence-electron chi connectivity index (χ0n) is 49.2. The summed E-state index contributed by atoms with van der Waals surface area (Å²) in [4.78, 5) is 71.7. The Labute approximate surface area is 467 Å². The number of phosphoric acid groups is 2. The van der Waals surface area contributed by atoms with E-state index < -0.39 is 97.5 Å². The first-order valence-corrected chi connectivity index (χ1v) is 33.5. The van der Waals surface area contributed by atoms with Crippen LogP contribution in [0.5, 0.6) is 0 Å². The molecule has 0 radical (unpaired) electrons. The lowest BCUT2D eigenvalue weighted by molar-refractivity contribution is -0.161. The van der Waals surface area contributed by atoms with Crippen molar-refractivity contribution in [1.29, 1.82) is 0 Å². The number of unbranched alkanes of at least 4 members (excludes halogenated alkanes) is 27. The summed E-state index contributed by atoms with van der Waals surface area (Å²) in [6, 6.07) is 0. The Kier molecular flexibility index (Phi) is 49.7. The minimum absolute atomic E-state index is 0.103. The van der Waals surface area contributed by atoms with E-state index in [2.05, 4.69) is 41.5 Å². The molecule has 2 unspecified atom stereocenters. The summed E-state index contributed by atoms with van der Waals surface area (Å²) in [6.07, 6.45) is 31.0. The van der Waals surface area contributed by atoms with Gasteiger partial charge in [0.2, 0.25) is 0 Å². The topological polar surface area (TPSA) is 237 Å². The number of esters is 4. The smallest absolute Gasteiger partial charge is 0.462 e. The van der Waals surface area contributed by atoms with Crippen LogP contribution in [0.1, 0.15) is 279 Å². The fourth-order valence-corrected chi connectivity index (χ4v) is 10.0. The number of hydrogen-bond acceptors (Lipinski definition) is 15. The van der Waals surface area contributed by atoms with Crippen LogP contribution >= 0.6 is 15.6 Å². The highest BCUT2D eigenvalue weighted by Crippen LogP contribution is 2.45. The van der Waals surface area contributed by atoms with Crippen molar-refractivity contribution in [3.05, 3.63) is 0 Å². The number of carbonyl (C=O) groups excluding carboxylic acids is 4. The molecule has 17 nitrogen and oxygen atoms in total. The minimum atomic E-state index is -4.94. The molecule has 0 aliphatic rings. The number of hydrogen-bond donors (Lipinski definition) is 3. The number of rotatable bonds is 57. The molecular weight excluding hydrogens is 1030 g/mol. The predicted molar refractivity (Wildman–Crippen MR) is 303 cm³/mol. The van der Waals surface area contributed by atoms with E-state index in [-0.39, 0.29) is 25.7 Å². The first kappa shape index (κ1) is 75.1. The highest BCUT2D eigenvalue weighted by molar-refractivity contribution is 7.47. The highest BCUT2D eigenvalue weighted by atomic mass is 31.2. The lowest BCUT2D eigenvalue weighted by atomic mass is 10.0. The molecule has 0 aromatic rings. The molecule has 0 aromatic heterocycles. The van der Waals surface area contributed by atoms with Gasteiger partial charge in [0.25, 0.3) is 0 Å². The largest absolute Gasteiger partial charge is 0.472 e. The number of carbonyl (C=O) groups is 4. The number of phosphoric ester groups is 2. The van der Waals surface area contributed by atoms with Gasteiger partial charge < -0.3 is 33.8 Å². The first-order chi connectivity index (χ1) is 36.9. The third kappa shape index (κ3) is 53.2. The Morgan fingerprint density at radius 1 is 0.351 bits per heavy atom. The maximum Gasteiger partial charge on any atom is 0.472 e. The molecule has 77 heavy (non-hydrogen) atoms. The maximum absolute atomic E-state index is 12.9. The summed E-state index contributed by atoms with van der Waals surface area (Å²) < 4.78 is 67.5. The minimum Gasteiger partial charge on any atom is -0.462 e. The molecule has 0 rings (SSSR count). The van der Waals surface area contributed by atoms with Crippen LogP contribution in [-0.2, 0) is 65.4 Å². The summed E-state index contributed by atoms with van der Waals surface area (Å²) in [7, 11) is -9.87. The highest BCUT2D eigenvalue weighted by Gasteiger charge is 2.30. The number of aliphatic hydroxyl groups excluding tert-OH is 1. The standard InChI is InChI=1S/C58H112O17P2/c1-7-9-11-13-20-28-34-40-55(60)68-46-53(74-57(62)42-36-30-21-14-12-10-8-2)48-72-76(64,65)70-44-52(59)45-71-77(66,67)73-49-54(47-69-56(61)41-35-29-25-19-23-27-33-39-51(5)6)75-58(63)43-37-31-24-18-16-15-17-22-26-32-38-50(3)4/h50-54,59H,7-49H2,1-6H3,(H,64,65)(H,66,67)/t52-,53+,54+/m0/s1. The molecule has 456 valence electrons. The molecule has 5 atom stereocenters. The van der Waals surface area contributed by atoms with E-state index in [1.165, 1.54) is 64.2 Å². The van der Waals surface area contributed by atoms with Crippen molar-refractivity contribution >= 4 is 39.5 Å². The molecule has 0 saturated carbocycles. The third-order valence-corrected chi connectivity index (χ3v) is 15.1. The van der Waals surface area contributed by atoms with Crippen LogP contribution < -0.4 is 0 Å². The molecular formula is C58H112O17P2. The van der Waals surface area contributed by atoms with Crippen LogP contribution in [-0.4, -0.2) is 96.7 Å². The average molecular weight is 1140 g/mol. The van der Waals surface area contributed by atoms with Gasteiger partial charge >= 0.3 is 39.5 Å². The lowest BCUT2D eigenvalue weighted by Gasteiger charge is -2.21. The molecule has 3 N–H and O–H groups in total. The molecule has 0 heterocycles. The summed E-state index contributed by atoms with van der Waals surface area (Å²) in [5.41, 5.74) is 0. The van der Waals surface area contributed by atoms with Gasteiger partial charge in [-0.05, 0) is 37.5 Å². The van der Waals surface area contributed by atoms with Crippen LogP contribution in [0, 0.1) is 11.8 Å². The van der Waals surface area contributed by atoms with Crippen molar-refractivity contribution in [1.82, 2.24) is 0 Å². The second-order valence-electron chi connectivity index (χ2n) is 22.0. The van der Waals surface area contributed by atoms with Crippen LogP contribution in [0.3, 0.4) is 0 Å². The van der Waals surface area contributed by atoms with Gasteiger partial charge in [0.1, 0.15) is 19.3 Å². The van der Waals surface area contributed by atoms with Crippen molar-refractivity contribution in [3.8, 4) is 0 Å². The van der Waals surface area contributed by atoms with Gasteiger partial charge in [-0.25, -0.2) is 9.13 Å². The fourth-order valence-electron chi connectivity index (χ4n) is 8.47. The van der Waals surface area contributed by atoms with E-state index in [9.17, 15) is 43.2 Å². The molecule has 0 aliphatic heterocycles. The molecule has 0 amide bonds.